The molecule has 0 heterocycles. The van der Waals surface area contributed by atoms with Crippen molar-refractivity contribution in [2.45, 2.75) is 45.3 Å². The smallest absolute Gasteiger partial charge is 0.240 e. The first-order valence-electron chi connectivity index (χ1n) is 7.22. The third-order valence-electron chi connectivity index (χ3n) is 3.81. The van der Waals surface area contributed by atoms with Crippen molar-refractivity contribution in [2.75, 3.05) is 7.11 Å². The molecule has 2 rings (SSSR count). The number of carbonyl (C=O) groups excluding carboxylic acids is 1. The van der Waals surface area contributed by atoms with Gasteiger partial charge in [-0.15, -0.1) is 0 Å². The lowest BCUT2D eigenvalue weighted by atomic mass is 10.0. The molecule has 1 aromatic rings. The Labute approximate surface area is 120 Å². The molecule has 1 saturated carbocycles. The highest BCUT2D eigenvalue weighted by Gasteiger charge is 2.35. The molecule has 1 aliphatic rings. The minimum absolute atomic E-state index is 0.0495. The molecule has 20 heavy (non-hydrogen) atoms. The van der Waals surface area contributed by atoms with E-state index in [0.717, 1.165) is 24.2 Å². The molecule has 1 aromatic carbocycles. The minimum Gasteiger partial charge on any atom is -0.496 e. The number of benzene rings is 1. The van der Waals surface area contributed by atoms with E-state index in [1.165, 1.54) is 0 Å². The van der Waals surface area contributed by atoms with Gasteiger partial charge in [-0.1, -0.05) is 32.0 Å². The number of rotatable bonds is 6. The van der Waals surface area contributed by atoms with E-state index in [1.807, 2.05) is 43.0 Å². The van der Waals surface area contributed by atoms with E-state index in [9.17, 15) is 4.79 Å². The summed E-state index contributed by atoms with van der Waals surface area (Å²) in [7, 11) is 1.65. The Morgan fingerprint density at radius 3 is 2.60 bits per heavy atom. The highest BCUT2D eigenvalue weighted by atomic mass is 16.5. The van der Waals surface area contributed by atoms with Crippen LogP contribution in [0.1, 0.15) is 32.3 Å². The van der Waals surface area contributed by atoms with Gasteiger partial charge >= 0.3 is 0 Å². The van der Waals surface area contributed by atoms with Gasteiger partial charge in [0, 0.05) is 18.2 Å². The van der Waals surface area contributed by atoms with Gasteiger partial charge in [-0.25, -0.2) is 0 Å². The van der Waals surface area contributed by atoms with Crippen LogP contribution < -0.4 is 10.5 Å². The Balaban J connectivity index is 2.16. The van der Waals surface area contributed by atoms with Gasteiger partial charge in [-0.3, -0.25) is 4.79 Å². The highest BCUT2D eigenvalue weighted by Crippen LogP contribution is 2.31. The zero-order chi connectivity index (χ0) is 14.7. The van der Waals surface area contributed by atoms with Crippen molar-refractivity contribution in [1.29, 1.82) is 0 Å². The highest BCUT2D eigenvalue weighted by molar-refractivity contribution is 5.82. The Kier molecular flexibility index (Phi) is 4.65. The van der Waals surface area contributed by atoms with Crippen LogP contribution in [0, 0.1) is 5.92 Å². The summed E-state index contributed by atoms with van der Waals surface area (Å²) in [6.07, 6.45) is 2.15. The molecule has 0 saturated heterocycles. The number of hydrogen-bond acceptors (Lipinski definition) is 3. The summed E-state index contributed by atoms with van der Waals surface area (Å²) in [5.74, 6) is 1.03. The fourth-order valence-electron chi connectivity index (χ4n) is 2.27. The average molecular weight is 276 g/mol. The third kappa shape index (κ3) is 3.31. The molecule has 0 aromatic heterocycles. The zero-order valence-electron chi connectivity index (χ0n) is 12.5. The molecule has 0 spiro atoms. The van der Waals surface area contributed by atoms with Crippen LogP contribution in [-0.2, 0) is 11.3 Å². The van der Waals surface area contributed by atoms with Crippen molar-refractivity contribution in [1.82, 2.24) is 4.90 Å². The fourth-order valence-corrected chi connectivity index (χ4v) is 2.27. The Bertz CT molecular complexity index is 469. The maximum atomic E-state index is 12.5. The molecule has 0 bridgehead atoms. The predicted octanol–water partition coefficient (Wildman–Crippen LogP) is 2.17. The van der Waals surface area contributed by atoms with E-state index in [4.69, 9.17) is 10.5 Å². The molecular weight excluding hydrogens is 252 g/mol. The maximum absolute atomic E-state index is 12.5. The van der Waals surface area contributed by atoms with E-state index in [-0.39, 0.29) is 11.8 Å². The Morgan fingerprint density at radius 2 is 2.05 bits per heavy atom. The van der Waals surface area contributed by atoms with E-state index in [1.54, 1.807) is 7.11 Å². The summed E-state index contributed by atoms with van der Waals surface area (Å²) in [4.78, 5) is 14.4. The van der Waals surface area contributed by atoms with Crippen molar-refractivity contribution in [3.63, 3.8) is 0 Å². The van der Waals surface area contributed by atoms with Crippen LogP contribution in [0.5, 0.6) is 5.75 Å². The van der Waals surface area contributed by atoms with Gasteiger partial charge in [0.15, 0.2) is 0 Å². The lowest BCUT2D eigenvalue weighted by Gasteiger charge is -2.28. The molecule has 1 amide bonds. The summed E-state index contributed by atoms with van der Waals surface area (Å²) in [6.45, 7) is 4.54. The Morgan fingerprint density at radius 1 is 1.40 bits per heavy atom. The summed E-state index contributed by atoms with van der Waals surface area (Å²) >= 11 is 0. The molecular formula is C16H24N2O2. The molecule has 1 fully saturated rings. The van der Waals surface area contributed by atoms with Gasteiger partial charge in [0.1, 0.15) is 5.75 Å². The molecule has 1 unspecified atom stereocenters. The van der Waals surface area contributed by atoms with Crippen LogP contribution >= 0.6 is 0 Å². The number of methoxy groups -OCH3 is 1. The van der Waals surface area contributed by atoms with Gasteiger partial charge < -0.3 is 15.4 Å². The number of nitrogens with two attached hydrogens (primary N) is 1. The minimum atomic E-state index is -0.426. The molecule has 4 nitrogen and oxygen atoms in total. The summed E-state index contributed by atoms with van der Waals surface area (Å²) in [6, 6.07) is 7.75. The fraction of sp³-hybridized carbons (Fsp3) is 0.562. The number of carbonyl (C=O) groups is 1. The quantitative estimate of drug-likeness (QED) is 0.866. The molecule has 0 radical (unpaired) electrons. The standard InChI is InChI=1S/C16H24N2O2/c1-11(2)15(17)16(19)18(13-8-9-13)10-12-6-4-5-7-14(12)20-3/h4-7,11,13,15H,8-10,17H2,1-3H3. The normalized spacial score (nSPS) is 16.1. The van der Waals surface area contributed by atoms with Crippen LogP contribution in [0.3, 0.4) is 0 Å². The lowest BCUT2D eigenvalue weighted by Crippen LogP contribution is -2.47. The number of hydrogen-bond donors (Lipinski definition) is 1. The molecule has 0 aliphatic heterocycles. The van der Waals surface area contributed by atoms with Crippen molar-refractivity contribution >= 4 is 5.91 Å². The largest absolute Gasteiger partial charge is 0.496 e. The predicted molar refractivity (Wildman–Crippen MR) is 79.4 cm³/mol. The molecule has 2 N–H and O–H groups in total. The monoisotopic (exact) mass is 276 g/mol. The summed E-state index contributed by atoms with van der Waals surface area (Å²) in [5, 5.41) is 0. The van der Waals surface area contributed by atoms with E-state index >= 15 is 0 Å². The van der Waals surface area contributed by atoms with Crippen LogP contribution in [0.15, 0.2) is 24.3 Å². The molecule has 4 heteroatoms. The van der Waals surface area contributed by atoms with Crippen molar-refractivity contribution in [3.05, 3.63) is 29.8 Å². The SMILES string of the molecule is COc1ccccc1CN(C(=O)C(N)C(C)C)C1CC1. The zero-order valence-corrected chi connectivity index (χ0v) is 12.5. The number of amides is 1. The first-order chi connectivity index (χ1) is 9.54. The van der Waals surface area contributed by atoms with Crippen LogP contribution in [0.25, 0.3) is 0 Å². The van der Waals surface area contributed by atoms with Crippen LogP contribution in [0.4, 0.5) is 0 Å². The van der Waals surface area contributed by atoms with E-state index in [2.05, 4.69) is 0 Å². The van der Waals surface area contributed by atoms with E-state index < -0.39 is 6.04 Å². The second kappa shape index (κ2) is 6.27. The molecule has 1 atom stereocenters. The molecule has 110 valence electrons. The van der Waals surface area contributed by atoms with Gasteiger partial charge in [-0.05, 0) is 24.8 Å². The summed E-state index contributed by atoms with van der Waals surface area (Å²) < 4.78 is 5.36. The Hall–Kier alpha value is -1.55. The second-order valence-electron chi connectivity index (χ2n) is 5.78. The number of para-hydroxylation sites is 1. The molecule has 1 aliphatic carbocycles. The number of ether oxygens (including phenoxy) is 1. The lowest BCUT2D eigenvalue weighted by molar-refractivity contribution is -0.134. The van der Waals surface area contributed by atoms with Gasteiger partial charge in [-0.2, -0.15) is 0 Å². The van der Waals surface area contributed by atoms with Crippen molar-refractivity contribution < 1.29 is 9.53 Å². The van der Waals surface area contributed by atoms with Gasteiger partial charge in [0.2, 0.25) is 5.91 Å². The van der Waals surface area contributed by atoms with Gasteiger partial charge in [0.25, 0.3) is 0 Å². The average Bonchev–Trinajstić information content (AvgIpc) is 3.28. The first-order valence-corrected chi connectivity index (χ1v) is 7.22. The van der Waals surface area contributed by atoms with Crippen molar-refractivity contribution in [3.8, 4) is 5.75 Å². The van der Waals surface area contributed by atoms with Gasteiger partial charge in [0.05, 0.1) is 13.2 Å². The summed E-state index contributed by atoms with van der Waals surface area (Å²) in [5.41, 5.74) is 7.06. The van der Waals surface area contributed by atoms with Crippen LogP contribution in [-0.4, -0.2) is 30.0 Å². The van der Waals surface area contributed by atoms with E-state index in [0.29, 0.717) is 12.6 Å². The third-order valence-corrected chi connectivity index (χ3v) is 3.81. The second-order valence-corrected chi connectivity index (χ2v) is 5.78. The number of nitrogens with zero attached hydrogens (tertiary/aromatic N) is 1. The first kappa shape index (κ1) is 14.9. The van der Waals surface area contributed by atoms with Crippen LogP contribution in [0.2, 0.25) is 0 Å². The van der Waals surface area contributed by atoms with Crippen molar-refractivity contribution in [2.24, 2.45) is 11.7 Å². The topological polar surface area (TPSA) is 55.6 Å². The maximum Gasteiger partial charge on any atom is 0.240 e.